The lowest BCUT2D eigenvalue weighted by molar-refractivity contribution is -0.255. The fourth-order valence-electron chi connectivity index (χ4n) is 7.83. The average Bonchev–Trinajstić information content (AvgIpc) is 3.30. The maximum atomic E-state index is 15.4. The van der Waals surface area contributed by atoms with Crippen molar-refractivity contribution in [1.82, 2.24) is 0 Å². The predicted molar refractivity (Wildman–Crippen MR) is 203 cm³/mol. The predicted octanol–water partition coefficient (Wildman–Crippen LogP) is 11.6. The van der Waals surface area contributed by atoms with Gasteiger partial charge in [0.2, 0.25) is 0 Å². The highest BCUT2D eigenvalue weighted by molar-refractivity contribution is 7.20. The zero-order valence-electron chi connectivity index (χ0n) is 34.3. The van der Waals surface area contributed by atoms with Crippen molar-refractivity contribution < 1.29 is 93.5 Å². The Morgan fingerprint density at radius 2 is 0.515 bits per heavy atom. The molecule has 5 aromatic carbocycles. The molecule has 0 amide bonds. The summed E-state index contributed by atoms with van der Waals surface area (Å²) in [5.74, 6) is -71.4. The number of quaternary nitrogens is 1. The van der Waals surface area contributed by atoms with E-state index in [2.05, 4.69) is 36.9 Å². The van der Waals surface area contributed by atoms with Crippen molar-refractivity contribution in [2.45, 2.75) is 90.4 Å². The van der Waals surface area contributed by atoms with Gasteiger partial charge in [0.15, 0.2) is 69.8 Å². The third-order valence-electron chi connectivity index (χ3n) is 11.1. The molecule has 66 heavy (non-hydrogen) atoms. The maximum absolute atomic E-state index is 15.4. The highest BCUT2D eigenvalue weighted by atomic mass is 19.2. The molecule has 0 saturated heterocycles. The molecule has 0 unspecified atom stereocenters. The first kappa shape index (κ1) is 53.3. The number of benzene rings is 5. The van der Waals surface area contributed by atoms with E-state index in [0.717, 1.165) is 0 Å². The van der Waals surface area contributed by atoms with E-state index >= 15 is 35.1 Å². The van der Waals surface area contributed by atoms with Crippen molar-refractivity contribution in [1.29, 1.82) is 0 Å². The van der Waals surface area contributed by atoms with Gasteiger partial charge in [-0.2, -0.15) is 0 Å². The summed E-state index contributed by atoms with van der Waals surface area (Å²) < 4.78 is 294. The lowest BCUT2D eigenvalue weighted by atomic mass is 9.12. The SMILES string of the molecule is CCCCCCCCCCCCCCc1ccccc1[NH3+].Fc1c(F)c(F)c([B-](c2c(F)c(F)c(F)c(F)c2F)(c2c(F)c(F)c(F)c(F)c2F)c2c(F)c(F)c(F)c(F)c2F)c(F)c1F. The molecular weight excluding hydrogens is 933 g/mol. The van der Waals surface area contributed by atoms with Gasteiger partial charge in [-0.25, -0.2) is 87.8 Å². The number of hydrogen-bond donors (Lipinski definition) is 1. The summed E-state index contributed by atoms with van der Waals surface area (Å²) in [5, 5.41) is 0. The van der Waals surface area contributed by atoms with Crippen molar-refractivity contribution in [3.8, 4) is 0 Å². The van der Waals surface area contributed by atoms with Gasteiger partial charge in [-0.3, -0.25) is 0 Å². The number of unbranched alkanes of at least 4 members (excludes halogenated alkanes) is 11. The summed E-state index contributed by atoms with van der Waals surface area (Å²) in [4.78, 5) is 0. The molecule has 5 aromatic rings. The minimum atomic E-state index is -7.22. The van der Waals surface area contributed by atoms with Gasteiger partial charge < -0.3 is 5.73 Å². The monoisotopic (exact) mass is 969 g/mol. The quantitative estimate of drug-likeness (QED) is 0.0316. The zero-order valence-corrected chi connectivity index (χ0v) is 34.3. The molecule has 22 heteroatoms. The summed E-state index contributed by atoms with van der Waals surface area (Å²) in [6.07, 6.45) is 11.0. The molecule has 1 nitrogen and oxygen atoms in total. The van der Waals surface area contributed by atoms with Gasteiger partial charge >= 0.3 is 0 Å². The number of halogens is 20. The van der Waals surface area contributed by atoms with Crippen LogP contribution in [0.25, 0.3) is 0 Å². The van der Waals surface area contributed by atoms with Gasteiger partial charge in [-0.1, -0.05) is 95.8 Å². The van der Waals surface area contributed by atoms with Gasteiger partial charge in [0.1, 0.15) is 58.4 Å². The normalized spacial score (nSPS) is 11.7. The minimum absolute atomic E-state index is 1.21. The smallest absolute Gasteiger partial charge is 0.200 e. The van der Waals surface area contributed by atoms with Crippen LogP contribution in [0.1, 0.15) is 89.5 Å². The van der Waals surface area contributed by atoms with E-state index in [1.807, 2.05) is 0 Å². The molecule has 0 aliphatic carbocycles. The summed E-state index contributed by atoms with van der Waals surface area (Å²) >= 11 is 0. The van der Waals surface area contributed by atoms with E-state index < -0.39 is 144 Å². The van der Waals surface area contributed by atoms with Crippen molar-refractivity contribution in [2.24, 2.45) is 0 Å². The number of rotatable bonds is 17. The Kier molecular flexibility index (Phi) is 18.2. The van der Waals surface area contributed by atoms with Crippen molar-refractivity contribution in [2.75, 3.05) is 0 Å². The standard InChI is InChI=1S/C24BF20.C20H35N/c26-5-1(6(27)14(35)21(42)13(5)34)25(2-7(28)15(36)22(43)16(37)8(2)29,3-9(30)17(38)23(44)18(39)10(3)31)4-11(32)19(40)24(45)20(41)12(4)33;1-2-3-4-5-6-7-8-9-10-11-12-13-16-19-17-14-15-18-20(19)21/h;14-15,17-18H,2-13,16,21H2,1H3/q-1;/p+1. The Hall–Kier alpha value is -5.28. The molecule has 0 atom stereocenters. The summed E-state index contributed by atoms with van der Waals surface area (Å²) in [7, 11) is 0. The second-order valence-corrected chi connectivity index (χ2v) is 15.2. The van der Waals surface area contributed by atoms with Crippen molar-refractivity contribution in [3.05, 3.63) is 146 Å². The topological polar surface area (TPSA) is 27.6 Å². The van der Waals surface area contributed by atoms with Crippen LogP contribution in [0.15, 0.2) is 24.3 Å². The first-order chi connectivity index (χ1) is 31.0. The molecular formula is C44H36BF20N. The maximum Gasteiger partial charge on any atom is 0.200 e. The first-order valence-corrected chi connectivity index (χ1v) is 20.2. The van der Waals surface area contributed by atoms with Crippen LogP contribution in [0.2, 0.25) is 0 Å². The van der Waals surface area contributed by atoms with E-state index in [1.165, 1.54) is 94.7 Å². The molecule has 0 aliphatic rings. The lowest BCUT2D eigenvalue weighted by Gasteiger charge is -2.44. The fraction of sp³-hybridized carbons (Fsp3) is 0.318. The highest BCUT2D eigenvalue weighted by Crippen LogP contribution is 2.31. The Balaban J connectivity index is 0.000000380. The summed E-state index contributed by atoms with van der Waals surface area (Å²) in [6.45, 7) is 2.29. The molecule has 0 spiro atoms. The molecule has 0 fully saturated rings. The Labute approximate surface area is 363 Å². The van der Waals surface area contributed by atoms with Gasteiger partial charge in [0.05, 0.1) is 0 Å². The molecule has 0 radical (unpaired) electrons. The second-order valence-electron chi connectivity index (χ2n) is 15.2. The zero-order chi connectivity index (χ0) is 49.5. The van der Waals surface area contributed by atoms with Gasteiger partial charge in [-0.05, 0) is 18.9 Å². The number of hydrogen-bond acceptors (Lipinski definition) is 0. The van der Waals surface area contributed by atoms with E-state index in [9.17, 15) is 52.7 Å². The molecule has 3 N–H and O–H groups in total. The molecule has 5 rings (SSSR count). The van der Waals surface area contributed by atoms with E-state index in [4.69, 9.17) is 0 Å². The lowest BCUT2D eigenvalue weighted by Crippen LogP contribution is -2.81. The van der Waals surface area contributed by atoms with Crippen LogP contribution in [-0.4, -0.2) is 6.15 Å². The number of aryl methyl sites for hydroxylation is 1. The largest absolute Gasteiger partial charge is 0.325 e. The minimum Gasteiger partial charge on any atom is -0.325 e. The van der Waals surface area contributed by atoms with Gasteiger partial charge in [0.25, 0.3) is 0 Å². The van der Waals surface area contributed by atoms with E-state index in [-0.39, 0.29) is 0 Å². The van der Waals surface area contributed by atoms with Gasteiger partial charge in [0, 0.05) is 5.56 Å². The molecule has 360 valence electrons. The van der Waals surface area contributed by atoms with Crippen molar-refractivity contribution >= 4 is 33.7 Å². The molecule has 0 aromatic heterocycles. The van der Waals surface area contributed by atoms with Gasteiger partial charge in [-0.15, -0.1) is 21.9 Å². The summed E-state index contributed by atoms with van der Waals surface area (Å²) in [5.41, 5.74) is -7.59. The summed E-state index contributed by atoms with van der Waals surface area (Å²) in [6, 6.07) is 8.55. The van der Waals surface area contributed by atoms with Crippen LogP contribution in [0.3, 0.4) is 0 Å². The Morgan fingerprint density at radius 3 is 0.758 bits per heavy atom. The Morgan fingerprint density at radius 1 is 0.303 bits per heavy atom. The van der Waals surface area contributed by atoms with Crippen LogP contribution < -0.4 is 27.6 Å². The average molecular weight is 970 g/mol. The molecule has 0 bridgehead atoms. The van der Waals surface area contributed by atoms with Crippen LogP contribution in [0.5, 0.6) is 0 Å². The van der Waals surface area contributed by atoms with Crippen LogP contribution >= 0.6 is 0 Å². The molecule has 0 heterocycles. The van der Waals surface area contributed by atoms with Crippen LogP contribution in [-0.2, 0) is 6.42 Å². The fourth-order valence-corrected chi connectivity index (χ4v) is 7.83. The van der Waals surface area contributed by atoms with Crippen LogP contribution in [0.4, 0.5) is 93.5 Å². The molecule has 0 aliphatic heterocycles. The third kappa shape index (κ3) is 10.0. The van der Waals surface area contributed by atoms with Crippen LogP contribution in [0, 0.1) is 116 Å². The third-order valence-corrected chi connectivity index (χ3v) is 11.1. The Bertz CT molecular complexity index is 2180. The second kappa shape index (κ2) is 22.5. The first-order valence-electron chi connectivity index (χ1n) is 20.2. The van der Waals surface area contributed by atoms with Crippen molar-refractivity contribution in [3.63, 3.8) is 0 Å². The molecule has 0 saturated carbocycles. The van der Waals surface area contributed by atoms with E-state index in [1.54, 1.807) is 0 Å². The van der Waals surface area contributed by atoms with E-state index in [0.29, 0.717) is 0 Å². The highest BCUT2D eigenvalue weighted by Gasteiger charge is 2.52.